The van der Waals surface area contributed by atoms with Crippen molar-refractivity contribution in [2.45, 2.75) is 39.2 Å². The number of esters is 1. The number of piperazine rings is 1. The maximum absolute atomic E-state index is 13.0. The van der Waals surface area contributed by atoms with Crippen molar-refractivity contribution in [3.63, 3.8) is 0 Å². The summed E-state index contributed by atoms with van der Waals surface area (Å²) in [4.78, 5) is 54.5. The SMILES string of the molecule is CCOC(=O)CCC(=O)N1CCN(C(=O)C2CC(=O)N(C(C)c3ccccc3)C2)CC1. The molecule has 2 atom stereocenters. The summed E-state index contributed by atoms with van der Waals surface area (Å²) in [6, 6.07) is 9.75. The molecule has 0 aromatic heterocycles. The first-order valence-corrected chi connectivity index (χ1v) is 11.0. The summed E-state index contributed by atoms with van der Waals surface area (Å²) in [5, 5.41) is 0. The van der Waals surface area contributed by atoms with Crippen LogP contribution >= 0.6 is 0 Å². The standard InChI is InChI=1S/C23H31N3O5/c1-3-31-22(29)10-9-20(27)24-11-13-25(14-12-24)23(30)19-15-21(28)26(16-19)17(2)18-7-5-4-6-8-18/h4-8,17,19H,3,9-16H2,1-2H3. The lowest BCUT2D eigenvalue weighted by Crippen LogP contribution is -2.52. The lowest BCUT2D eigenvalue weighted by Gasteiger charge is -2.36. The molecule has 2 fully saturated rings. The Morgan fingerprint density at radius 1 is 1.03 bits per heavy atom. The van der Waals surface area contributed by atoms with Crippen molar-refractivity contribution < 1.29 is 23.9 Å². The van der Waals surface area contributed by atoms with Crippen molar-refractivity contribution in [3.05, 3.63) is 35.9 Å². The number of carbonyl (C=O) groups excluding carboxylic acids is 4. The number of likely N-dealkylation sites (tertiary alicyclic amines) is 1. The highest BCUT2D eigenvalue weighted by Gasteiger charge is 2.39. The molecule has 0 saturated carbocycles. The molecule has 0 radical (unpaired) electrons. The number of rotatable bonds is 7. The second-order valence-electron chi connectivity index (χ2n) is 8.04. The van der Waals surface area contributed by atoms with Crippen molar-refractivity contribution >= 4 is 23.7 Å². The van der Waals surface area contributed by atoms with Crippen LogP contribution in [-0.4, -0.2) is 77.7 Å². The molecule has 2 heterocycles. The van der Waals surface area contributed by atoms with E-state index in [0.29, 0.717) is 39.3 Å². The van der Waals surface area contributed by atoms with Crippen LogP contribution in [0.25, 0.3) is 0 Å². The van der Waals surface area contributed by atoms with E-state index in [0.717, 1.165) is 5.56 Å². The van der Waals surface area contributed by atoms with Gasteiger partial charge in [-0.15, -0.1) is 0 Å². The van der Waals surface area contributed by atoms with Crippen LogP contribution < -0.4 is 0 Å². The molecule has 2 aliphatic rings. The van der Waals surface area contributed by atoms with Crippen LogP contribution in [0, 0.1) is 5.92 Å². The lowest BCUT2D eigenvalue weighted by atomic mass is 10.1. The van der Waals surface area contributed by atoms with Gasteiger partial charge in [0.1, 0.15) is 0 Å². The lowest BCUT2D eigenvalue weighted by molar-refractivity contribution is -0.146. The second-order valence-corrected chi connectivity index (χ2v) is 8.04. The number of nitrogens with zero attached hydrogens (tertiary/aromatic N) is 3. The Balaban J connectivity index is 1.48. The van der Waals surface area contributed by atoms with Gasteiger partial charge in [-0.3, -0.25) is 19.2 Å². The van der Waals surface area contributed by atoms with Gasteiger partial charge in [0, 0.05) is 45.6 Å². The summed E-state index contributed by atoms with van der Waals surface area (Å²) in [7, 11) is 0. The molecule has 8 heteroatoms. The second kappa shape index (κ2) is 10.4. The number of carbonyl (C=O) groups is 4. The van der Waals surface area contributed by atoms with Crippen molar-refractivity contribution in [3.8, 4) is 0 Å². The molecular weight excluding hydrogens is 398 g/mol. The smallest absolute Gasteiger partial charge is 0.306 e. The molecule has 0 spiro atoms. The molecule has 1 aromatic carbocycles. The van der Waals surface area contributed by atoms with Gasteiger partial charge in [-0.25, -0.2) is 0 Å². The van der Waals surface area contributed by atoms with Gasteiger partial charge in [-0.1, -0.05) is 30.3 Å². The highest BCUT2D eigenvalue weighted by atomic mass is 16.5. The number of amides is 3. The summed E-state index contributed by atoms with van der Waals surface area (Å²) in [6.45, 7) is 6.23. The Bertz CT molecular complexity index is 805. The first-order valence-electron chi connectivity index (χ1n) is 11.0. The third-order valence-electron chi connectivity index (χ3n) is 6.05. The van der Waals surface area contributed by atoms with Crippen LogP contribution in [0.3, 0.4) is 0 Å². The van der Waals surface area contributed by atoms with E-state index >= 15 is 0 Å². The summed E-state index contributed by atoms with van der Waals surface area (Å²) >= 11 is 0. The molecule has 1 aromatic rings. The van der Waals surface area contributed by atoms with Crippen LogP contribution in [0.5, 0.6) is 0 Å². The minimum atomic E-state index is -0.371. The first kappa shape index (κ1) is 22.8. The average Bonchev–Trinajstić information content (AvgIpc) is 3.19. The molecule has 0 N–H and O–H groups in total. The zero-order valence-electron chi connectivity index (χ0n) is 18.3. The van der Waals surface area contributed by atoms with Crippen molar-refractivity contribution in [2.75, 3.05) is 39.3 Å². The summed E-state index contributed by atoms with van der Waals surface area (Å²) < 4.78 is 4.85. The Morgan fingerprint density at radius 2 is 1.68 bits per heavy atom. The number of hydrogen-bond donors (Lipinski definition) is 0. The van der Waals surface area contributed by atoms with Crippen molar-refractivity contribution in [1.82, 2.24) is 14.7 Å². The highest BCUT2D eigenvalue weighted by Crippen LogP contribution is 2.29. The third kappa shape index (κ3) is 5.62. The maximum Gasteiger partial charge on any atom is 0.306 e. The Morgan fingerprint density at radius 3 is 2.32 bits per heavy atom. The van der Waals surface area contributed by atoms with Gasteiger partial charge in [-0.2, -0.15) is 0 Å². The number of ether oxygens (including phenoxy) is 1. The zero-order chi connectivity index (χ0) is 22.4. The topological polar surface area (TPSA) is 87.2 Å². The van der Waals surface area contributed by atoms with E-state index in [9.17, 15) is 19.2 Å². The molecule has 31 heavy (non-hydrogen) atoms. The van der Waals surface area contributed by atoms with Crippen molar-refractivity contribution in [2.24, 2.45) is 5.92 Å². The molecule has 8 nitrogen and oxygen atoms in total. The van der Waals surface area contributed by atoms with E-state index in [1.165, 1.54) is 0 Å². The average molecular weight is 430 g/mol. The molecule has 3 rings (SSSR count). The van der Waals surface area contributed by atoms with Gasteiger partial charge < -0.3 is 19.4 Å². The molecule has 0 aliphatic carbocycles. The van der Waals surface area contributed by atoms with E-state index in [-0.39, 0.29) is 54.9 Å². The fraction of sp³-hybridized carbons (Fsp3) is 0.565. The zero-order valence-corrected chi connectivity index (χ0v) is 18.3. The minimum absolute atomic E-state index is 0.00230. The molecule has 3 amide bonds. The Labute approximate surface area is 183 Å². The fourth-order valence-corrected chi connectivity index (χ4v) is 4.22. The Kier molecular flexibility index (Phi) is 7.65. The Hall–Kier alpha value is -2.90. The summed E-state index contributed by atoms with van der Waals surface area (Å²) in [6.07, 6.45) is 0.427. The van der Waals surface area contributed by atoms with E-state index in [2.05, 4.69) is 0 Å². The van der Waals surface area contributed by atoms with Gasteiger partial charge in [0.2, 0.25) is 17.7 Å². The first-order chi connectivity index (χ1) is 14.9. The molecule has 2 aliphatic heterocycles. The summed E-state index contributed by atoms with van der Waals surface area (Å²) in [5.41, 5.74) is 1.05. The number of benzene rings is 1. The molecule has 0 bridgehead atoms. The van der Waals surface area contributed by atoms with Gasteiger partial charge in [0.15, 0.2) is 0 Å². The van der Waals surface area contributed by atoms with Crippen LogP contribution in [0.2, 0.25) is 0 Å². The number of hydrogen-bond acceptors (Lipinski definition) is 5. The van der Waals surface area contributed by atoms with Crippen molar-refractivity contribution in [1.29, 1.82) is 0 Å². The molecule has 2 unspecified atom stereocenters. The van der Waals surface area contributed by atoms with Gasteiger partial charge >= 0.3 is 5.97 Å². The van der Waals surface area contributed by atoms with Crippen LogP contribution in [0.4, 0.5) is 0 Å². The quantitative estimate of drug-likeness (QED) is 0.615. The predicted octanol–water partition coefficient (Wildman–Crippen LogP) is 1.61. The molecule has 2 saturated heterocycles. The minimum Gasteiger partial charge on any atom is -0.466 e. The van der Waals surface area contributed by atoms with E-state index in [4.69, 9.17) is 4.74 Å². The van der Waals surface area contributed by atoms with Crippen LogP contribution in [-0.2, 0) is 23.9 Å². The predicted molar refractivity (Wildman–Crippen MR) is 114 cm³/mol. The van der Waals surface area contributed by atoms with Gasteiger partial charge in [0.25, 0.3) is 0 Å². The van der Waals surface area contributed by atoms with Crippen LogP contribution in [0.15, 0.2) is 30.3 Å². The largest absolute Gasteiger partial charge is 0.466 e. The maximum atomic E-state index is 13.0. The highest BCUT2D eigenvalue weighted by molar-refractivity contribution is 5.89. The molecule has 168 valence electrons. The van der Waals surface area contributed by atoms with Gasteiger partial charge in [0.05, 0.1) is 25.0 Å². The molecular formula is C23H31N3O5. The normalized spacial score (nSPS) is 20.0. The van der Waals surface area contributed by atoms with E-state index < -0.39 is 0 Å². The van der Waals surface area contributed by atoms with E-state index in [1.54, 1.807) is 21.6 Å². The fourth-order valence-electron chi connectivity index (χ4n) is 4.22. The monoisotopic (exact) mass is 429 g/mol. The van der Waals surface area contributed by atoms with Gasteiger partial charge in [-0.05, 0) is 19.4 Å². The summed E-state index contributed by atoms with van der Waals surface area (Å²) in [5.74, 6) is -0.828. The van der Waals surface area contributed by atoms with Crippen LogP contribution in [0.1, 0.15) is 44.7 Å². The van der Waals surface area contributed by atoms with E-state index in [1.807, 2.05) is 37.3 Å². The third-order valence-corrected chi connectivity index (χ3v) is 6.05.